The van der Waals surface area contributed by atoms with Gasteiger partial charge in [-0.05, 0) is 32.2 Å². The Morgan fingerprint density at radius 1 is 1.53 bits per heavy atom. The van der Waals surface area contributed by atoms with Crippen LogP contribution in [-0.4, -0.2) is 56.0 Å². The van der Waals surface area contributed by atoms with Crippen molar-refractivity contribution in [3.63, 3.8) is 0 Å². The van der Waals surface area contributed by atoms with Gasteiger partial charge in [0, 0.05) is 32.3 Å². The molecular formula is C11H24N2O2. The molecule has 1 fully saturated rings. The minimum absolute atomic E-state index is 0.106. The van der Waals surface area contributed by atoms with E-state index in [2.05, 4.69) is 4.90 Å². The molecule has 0 heterocycles. The highest BCUT2D eigenvalue weighted by Crippen LogP contribution is 2.33. The quantitative estimate of drug-likeness (QED) is 0.563. The lowest BCUT2D eigenvalue weighted by Crippen LogP contribution is -2.50. The van der Waals surface area contributed by atoms with Crippen molar-refractivity contribution >= 4 is 0 Å². The van der Waals surface area contributed by atoms with Crippen molar-refractivity contribution in [2.75, 3.05) is 33.9 Å². The lowest BCUT2D eigenvalue weighted by molar-refractivity contribution is 0.107. The first-order valence-corrected chi connectivity index (χ1v) is 5.76. The molecule has 1 saturated carbocycles. The van der Waals surface area contributed by atoms with Crippen molar-refractivity contribution in [2.24, 2.45) is 11.7 Å². The van der Waals surface area contributed by atoms with Crippen LogP contribution in [0, 0.1) is 5.92 Å². The molecule has 3 N–H and O–H groups in total. The van der Waals surface area contributed by atoms with Crippen LogP contribution in [-0.2, 0) is 4.74 Å². The van der Waals surface area contributed by atoms with Gasteiger partial charge in [0.25, 0.3) is 0 Å². The van der Waals surface area contributed by atoms with E-state index in [9.17, 15) is 5.11 Å². The van der Waals surface area contributed by atoms with Crippen LogP contribution in [0.25, 0.3) is 0 Å². The zero-order valence-electron chi connectivity index (χ0n) is 9.85. The number of nitrogens with zero attached hydrogens (tertiary/aromatic N) is 1. The molecule has 1 aliphatic carbocycles. The first-order chi connectivity index (χ1) is 7.20. The fourth-order valence-electron chi connectivity index (χ4n) is 1.97. The van der Waals surface area contributed by atoms with Crippen molar-refractivity contribution in [3.05, 3.63) is 0 Å². The lowest BCUT2D eigenvalue weighted by atomic mass is 10.0. The van der Waals surface area contributed by atoms with E-state index in [1.807, 2.05) is 7.05 Å². The fraction of sp³-hybridized carbons (Fsp3) is 1.00. The summed E-state index contributed by atoms with van der Waals surface area (Å²) in [7, 11) is 3.73. The van der Waals surface area contributed by atoms with Gasteiger partial charge in [0.15, 0.2) is 0 Å². The molecule has 0 saturated heterocycles. The summed E-state index contributed by atoms with van der Waals surface area (Å²) in [6.07, 6.45) is 3.44. The first kappa shape index (κ1) is 12.9. The van der Waals surface area contributed by atoms with Gasteiger partial charge in [0.05, 0.1) is 6.61 Å². The number of methoxy groups -OCH3 is 1. The highest BCUT2D eigenvalue weighted by molar-refractivity contribution is 4.92. The van der Waals surface area contributed by atoms with Gasteiger partial charge < -0.3 is 15.6 Å². The molecular weight excluding hydrogens is 192 g/mol. The summed E-state index contributed by atoms with van der Waals surface area (Å²) in [6.45, 7) is 1.85. The summed E-state index contributed by atoms with van der Waals surface area (Å²) in [6, 6.07) is 0.233. The van der Waals surface area contributed by atoms with Crippen LogP contribution in [0.15, 0.2) is 0 Å². The summed E-state index contributed by atoms with van der Waals surface area (Å²) in [5.74, 6) is 0.632. The third kappa shape index (κ3) is 4.07. The molecule has 4 nitrogen and oxygen atoms in total. The maximum atomic E-state index is 9.35. The standard InChI is InChI=1S/C11H24N2O2/c1-13(6-3-7-15-2)10(8-14)11(12)9-4-5-9/h9-11,14H,3-8,12H2,1-2H3. The van der Waals surface area contributed by atoms with Crippen LogP contribution in [0.5, 0.6) is 0 Å². The van der Waals surface area contributed by atoms with Gasteiger partial charge in [0.2, 0.25) is 0 Å². The van der Waals surface area contributed by atoms with Crippen LogP contribution < -0.4 is 5.73 Å². The van der Waals surface area contributed by atoms with Crippen molar-refractivity contribution in [2.45, 2.75) is 31.3 Å². The molecule has 4 heteroatoms. The van der Waals surface area contributed by atoms with Gasteiger partial charge in [-0.2, -0.15) is 0 Å². The van der Waals surface area contributed by atoms with E-state index in [-0.39, 0.29) is 18.7 Å². The van der Waals surface area contributed by atoms with Crippen molar-refractivity contribution in [3.8, 4) is 0 Å². The normalized spacial score (nSPS) is 20.6. The predicted octanol–water partition coefficient (Wildman–Crippen LogP) is 0.0529. The highest BCUT2D eigenvalue weighted by Gasteiger charge is 2.35. The number of likely N-dealkylation sites (N-methyl/N-ethyl adjacent to an activating group) is 1. The van der Waals surface area contributed by atoms with Crippen LogP contribution in [0.2, 0.25) is 0 Å². The van der Waals surface area contributed by atoms with E-state index >= 15 is 0 Å². The molecule has 0 amide bonds. The van der Waals surface area contributed by atoms with Gasteiger partial charge in [-0.1, -0.05) is 0 Å². The first-order valence-electron chi connectivity index (χ1n) is 5.76. The van der Waals surface area contributed by atoms with Crippen molar-refractivity contribution in [1.29, 1.82) is 0 Å². The van der Waals surface area contributed by atoms with Crippen molar-refractivity contribution in [1.82, 2.24) is 4.90 Å². The summed E-state index contributed by atoms with van der Waals surface area (Å²) in [4.78, 5) is 2.15. The van der Waals surface area contributed by atoms with Crippen molar-refractivity contribution < 1.29 is 9.84 Å². The zero-order valence-corrected chi connectivity index (χ0v) is 9.85. The van der Waals surface area contributed by atoms with Crippen LogP contribution >= 0.6 is 0 Å². The Labute approximate surface area is 92.4 Å². The van der Waals surface area contributed by atoms with Gasteiger partial charge in [0.1, 0.15) is 0 Å². The molecule has 0 radical (unpaired) electrons. The second-order valence-electron chi connectivity index (χ2n) is 4.49. The monoisotopic (exact) mass is 216 g/mol. The van der Waals surface area contributed by atoms with Gasteiger partial charge in [-0.3, -0.25) is 4.90 Å². The number of aliphatic hydroxyl groups is 1. The van der Waals surface area contributed by atoms with E-state index in [0.717, 1.165) is 19.6 Å². The summed E-state index contributed by atoms with van der Waals surface area (Å²) in [5, 5.41) is 9.35. The molecule has 2 atom stereocenters. The molecule has 0 aromatic carbocycles. The minimum atomic E-state index is 0.106. The van der Waals surface area contributed by atoms with E-state index in [1.54, 1.807) is 7.11 Å². The number of rotatable bonds is 8. The minimum Gasteiger partial charge on any atom is -0.395 e. The van der Waals surface area contributed by atoms with E-state index < -0.39 is 0 Å². The Balaban J connectivity index is 2.28. The third-order valence-corrected chi connectivity index (χ3v) is 3.22. The van der Waals surface area contributed by atoms with E-state index in [4.69, 9.17) is 10.5 Å². The Hall–Kier alpha value is -0.160. The SMILES string of the molecule is COCCCN(C)C(CO)C(N)C1CC1. The molecule has 1 aliphatic rings. The molecule has 0 spiro atoms. The number of aliphatic hydroxyl groups excluding tert-OH is 1. The molecule has 0 aromatic heterocycles. The van der Waals surface area contributed by atoms with Gasteiger partial charge in [-0.25, -0.2) is 0 Å². The van der Waals surface area contributed by atoms with Crippen LogP contribution in [0.1, 0.15) is 19.3 Å². The number of hydrogen-bond donors (Lipinski definition) is 2. The molecule has 15 heavy (non-hydrogen) atoms. The summed E-state index contributed by atoms with van der Waals surface area (Å²) < 4.78 is 5.01. The second kappa shape index (κ2) is 6.43. The Morgan fingerprint density at radius 3 is 2.67 bits per heavy atom. The summed E-state index contributed by atoms with van der Waals surface area (Å²) >= 11 is 0. The Kier molecular flexibility index (Phi) is 5.53. The molecule has 2 unspecified atom stereocenters. The van der Waals surface area contributed by atoms with E-state index in [0.29, 0.717) is 5.92 Å². The predicted molar refractivity (Wildman–Crippen MR) is 60.7 cm³/mol. The lowest BCUT2D eigenvalue weighted by Gasteiger charge is -2.31. The third-order valence-electron chi connectivity index (χ3n) is 3.22. The number of nitrogens with two attached hydrogens (primary N) is 1. The Bertz CT molecular complexity index is 174. The fourth-order valence-corrected chi connectivity index (χ4v) is 1.97. The average molecular weight is 216 g/mol. The average Bonchev–Trinajstić information content (AvgIpc) is 3.02. The topological polar surface area (TPSA) is 58.7 Å². The van der Waals surface area contributed by atoms with Crippen LogP contribution in [0.3, 0.4) is 0 Å². The smallest absolute Gasteiger partial charge is 0.0601 e. The van der Waals surface area contributed by atoms with E-state index in [1.165, 1.54) is 12.8 Å². The molecule has 90 valence electrons. The Morgan fingerprint density at radius 2 is 2.20 bits per heavy atom. The largest absolute Gasteiger partial charge is 0.395 e. The second-order valence-corrected chi connectivity index (χ2v) is 4.49. The van der Waals surface area contributed by atoms with Gasteiger partial charge in [-0.15, -0.1) is 0 Å². The molecule has 1 rings (SSSR count). The maximum absolute atomic E-state index is 9.35. The maximum Gasteiger partial charge on any atom is 0.0601 e. The highest BCUT2D eigenvalue weighted by atomic mass is 16.5. The molecule has 0 aromatic rings. The molecule has 0 bridgehead atoms. The summed E-state index contributed by atoms with van der Waals surface area (Å²) in [5.41, 5.74) is 6.11. The van der Waals surface area contributed by atoms with Crippen LogP contribution in [0.4, 0.5) is 0 Å². The van der Waals surface area contributed by atoms with Gasteiger partial charge >= 0.3 is 0 Å². The molecule has 0 aliphatic heterocycles. The zero-order chi connectivity index (χ0) is 11.3. The number of hydrogen-bond acceptors (Lipinski definition) is 4. The number of ether oxygens (including phenoxy) is 1.